The van der Waals surface area contributed by atoms with Crippen LogP contribution in [0.15, 0.2) is 73.5 Å². The van der Waals surface area contributed by atoms with Crippen LogP contribution in [0.4, 0.5) is 0 Å². The van der Waals surface area contributed by atoms with Gasteiger partial charge in [0.2, 0.25) is 0 Å². The Balaban J connectivity index is 1.81. The van der Waals surface area contributed by atoms with Crippen LogP contribution in [0.3, 0.4) is 0 Å². The Morgan fingerprint density at radius 3 is 2.00 bits per heavy atom. The van der Waals surface area contributed by atoms with Gasteiger partial charge in [-0.2, -0.15) is 0 Å². The predicted molar refractivity (Wildman–Crippen MR) is 110 cm³/mol. The minimum atomic E-state index is 0.0344. The SMILES string of the molecule is C=C(NCCCNC(=C)C(C)C)c1ccc(C(=O)c2ccccc2)cc1. The van der Waals surface area contributed by atoms with Crippen molar-refractivity contribution in [2.24, 2.45) is 5.92 Å². The molecule has 0 aromatic heterocycles. The molecule has 3 heteroatoms. The minimum absolute atomic E-state index is 0.0344. The highest BCUT2D eigenvalue weighted by Gasteiger charge is 2.08. The van der Waals surface area contributed by atoms with E-state index < -0.39 is 0 Å². The summed E-state index contributed by atoms with van der Waals surface area (Å²) < 4.78 is 0. The monoisotopic (exact) mass is 348 g/mol. The normalized spacial score (nSPS) is 10.4. The lowest BCUT2D eigenvalue weighted by atomic mass is 10.0. The lowest BCUT2D eigenvalue weighted by Gasteiger charge is -2.14. The Labute approximate surface area is 156 Å². The van der Waals surface area contributed by atoms with Crippen molar-refractivity contribution in [1.29, 1.82) is 0 Å². The fraction of sp³-hybridized carbons (Fsp3) is 0.261. The molecule has 0 amide bonds. The van der Waals surface area contributed by atoms with E-state index in [4.69, 9.17) is 0 Å². The summed E-state index contributed by atoms with van der Waals surface area (Å²) in [7, 11) is 0. The predicted octanol–water partition coefficient (Wildman–Crippen LogP) is 4.63. The number of nitrogens with one attached hydrogen (secondary N) is 2. The molecule has 0 fully saturated rings. The van der Waals surface area contributed by atoms with Crippen molar-refractivity contribution >= 4 is 11.5 Å². The van der Waals surface area contributed by atoms with E-state index in [9.17, 15) is 4.79 Å². The molecule has 2 N–H and O–H groups in total. The molecule has 0 heterocycles. The summed E-state index contributed by atoms with van der Waals surface area (Å²) in [5, 5.41) is 6.66. The third kappa shape index (κ3) is 5.62. The van der Waals surface area contributed by atoms with E-state index in [1.54, 1.807) is 0 Å². The Hall–Kier alpha value is -2.81. The number of hydrogen-bond donors (Lipinski definition) is 2. The van der Waals surface area contributed by atoms with E-state index >= 15 is 0 Å². The van der Waals surface area contributed by atoms with Crippen molar-refractivity contribution < 1.29 is 4.79 Å². The van der Waals surface area contributed by atoms with Gasteiger partial charge in [-0.3, -0.25) is 4.79 Å². The topological polar surface area (TPSA) is 41.1 Å². The number of rotatable bonds is 10. The molecule has 0 radical (unpaired) electrons. The van der Waals surface area contributed by atoms with Crippen LogP contribution < -0.4 is 10.6 Å². The van der Waals surface area contributed by atoms with Gasteiger partial charge in [-0.1, -0.05) is 81.6 Å². The molecule has 0 aliphatic heterocycles. The fourth-order valence-corrected chi connectivity index (χ4v) is 2.46. The lowest BCUT2D eigenvalue weighted by Crippen LogP contribution is -2.22. The van der Waals surface area contributed by atoms with Gasteiger partial charge in [0.05, 0.1) is 0 Å². The molecule has 2 aromatic carbocycles. The number of carbonyl (C=O) groups excluding carboxylic acids is 1. The first-order chi connectivity index (χ1) is 12.5. The molecule has 136 valence electrons. The highest BCUT2D eigenvalue weighted by Crippen LogP contribution is 2.14. The fourth-order valence-electron chi connectivity index (χ4n) is 2.46. The molecule has 2 aromatic rings. The van der Waals surface area contributed by atoms with E-state index in [0.29, 0.717) is 17.0 Å². The Kier molecular flexibility index (Phi) is 7.22. The molecular formula is C23H28N2O. The van der Waals surface area contributed by atoms with Gasteiger partial charge in [0.15, 0.2) is 5.78 Å². The molecule has 0 aliphatic rings. The molecule has 0 aliphatic carbocycles. The van der Waals surface area contributed by atoms with Crippen LogP contribution >= 0.6 is 0 Å². The van der Waals surface area contributed by atoms with E-state index in [-0.39, 0.29) is 5.78 Å². The summed E-state index contributed by atoms with van der Waals surface area (Å²) in [4.78, 5) is 12.4. The van der Waals surface area contributed by atoms with Crippen molar-refractivity contribution in [2.45, 2.75) is 20.3 Å². The van der Waals surface area contributed by atoms with Gasteiger partial charge in [-0.25, -0.2) is 0 Å². The second kappa shape index (κ2) is 9.62. The largest absolute Gasteiger partial charge is 0.389 e. The van der Waals surface area contributed by atoms with Crippen molar-refractivity contribution in [3.63, 3.8) is 0 Å². The Morgan fingerprint density at radius 2 is 1.38 bits per heavy atom. The first-order valence-corrected chi connectivity index (χ1v) is 9.04. The van der Waals surface area contributed by atoms with Crippen LogP contribution in [-0.2, 0) is 0 Å². The van der Waals surface area contributed by atoms with Crippen LogP contribution in [0.1, 0.15) is 41.8 Å². The van der Waals surface area contributed by atoms with E-state index in [1.807, 2.05) is 54.6 Å². The molecule has 0 unspecified atom stereocenters. The molecule has 3 nitrogen and oxygen atoms in total. The smallest absolute Gasteiger partial charge is 0.193 e. The molecule has 26 heavy (non-hydrogen) atoms. The van der Waals surface area contributed by atoms with Crippen molar-refractivity contribution in [3.05, 3.63) is 90.1 Å². The number of hydrogen-bond acceptors (Lipinski definition) is 3. The minimum Gasteiger partial charge on any atom is -0.389 e. The third-order valence-corrected chi connectivity index (χ3v) is 4.27. The average molecular weight is 348 g/mol. The zero-order chi connectivity index (χ0) is 18.9. The molecule has 0 bridgehead atoms. The van der Waals surface area contributed by atoms with Gasteiger partial charge < -0.3 is 10.6 Å². The van der Waals surface area contributed by atoms with Gasteiger partial charge in [0.25, 0.3) is 0 Å². The maximum atomic E-state index is 12.4. The second-order valence-corrected chi connectivity index (χ2v) is 6.64. The molecule has 0 spiro atoms. The zero-order valence-electron chi connectivity index (χ0n) is 15.7. The van der Waals surface area contributed by atoms with Gasteiger partial charge in [-0.15, -0.1) is 0 Å². The average Bonchev–Trinajstić information content (AvgIpc) is 2.67. The first-order valence-electron chi connectivity index (χ1n) is 9.04. The second-order valence-electron chi connectivity index (χ2n) is 6.64. The summed E-state index contributed by atoms with van der Waals surface area (Å²) >= 11 is 0. The van der Waals surface area contributed by atoms with Gasteiger partial charge in [0.1, 0.15) is 0 Å². The van der Waals surface area contributed by atoms with E-state index in [1.165, 1.54) is 0 Å². The molecular weight excluding hydrogens is 320 g/mol. The third-order valence-electron chi connectivity index (χ3n) is 4.27. The summed E-state index contributed by atoms with van der Waals surface area (Å²) in [6.45, 7) is 14.1. The van der Waals surface area contributed by atoms with Crippen molar-refractivity contribution in [2.75, 3.05) is 13.1 Å². The maximum absolute atomic E-state index is 12.4. The van der Waals surface area contributed by atoms with E-state index in [2.05, 4.69) is 37.6 Å². The highest BCUT2D eigenvalue weighted by molar-refractivity contribution is 6.09. The Bertz CT molecular complexity index is 746. The molecule has 2 rings (SSSR count). The highest BCUT2D eigenvalue weighted by atomic mass is 16.1. The quantitative estimate of drug-likeness (QED) is 0.486. The van der Waals surface area contributed by atoms with Crippen molar-refractivity contribution in [1.82, 2.24) is 10.6 Å². The summed E-state index contributed by atoms with van der Waals surface area (Å²) in [6.07, 6.45) is 0.981. The van der Waals surface area contributed by atoms with Gasteiger partial charge >= 0.3 is 0 Å². The van der Waals surface area contributed by atoms with Crippen molar-refractivity contribution in [3.8, 4) is 0 Å². The van der Waals surface area contributed by atoms with Gasteiger partial charge in [0, 0.05) is 35.6 Å². The number of ketones is 1. The van der Waals surface area contributed by atoms with Crippen LogP contribution in [0.2, 0.25) is 0 Å². The summed E-state index contributed by atoms with van der Waals surface area (Å²) in [5.41, 5.74) is 4.32. The molecule has 0 saturated heterocycles. The van der Waals surface area contributed by atoms with Crippen LogP contribution in [0, 0.1) is 5.92 Å². The number of carbonyl (C=O) groups is 1. The standard InChI is InChI=1S/C23H28N2O/c1-17(2)18(3)24-15-8-16-25-19(4)20-11-13-22(14-12-20)23(26)21-9-6-5-7-10-21/h5-7,9-14,17,24-25H,3-4,8,15-16H2,1-2H3. The first kappa shape index (κ1) is 19.5. The summed E-state index contributed by atoms with van der Waals surface area (Å²) in [5.74, 6) is 0.488. The molecule has 0 saturated carbocycles. The van der Waals surface area contributed by atoms with Crippen LogP contribution in [0.5, 0.6) is 0 Å². The number of benzene rings is 2. The Morgan fingerprint density at radius 1 is 0.846 bits per heavy atom. The van der Waals surface area contributed by atoms with Gasteiger partial charge in [-0.05, 0) is 17.9 Å². The zero-order valence-corrected chi connectivity index (χ0v) is 15.7. The maximum Gasteiger partial charge on any atom is 0.193 e. The van der Waals surface area contributed by atoms with E-state index in [0.717, 1.165) is 36.5 Å². The van der Waals surface area contributed by atoms with Crippen LogP contribution in [-0.4, -0.2) is 18.9 Å². The summed E-state index contributed by atoms with van der Waals surface area (Å²) in [6, 6.07) is 16.9. The molecule has 0 atom stereocenters. The van der Waals surface area contributed by atoms with Crippen LogP contribution in [0.25, 0.3) is 5.70 Å². The lowest BCUT2D eigenvalue weighted by molar-refractivity contribution is 0.103. The number of allylic oxidation sites excluding steroid dienone is 1.